The van der Waals surface area contributed by atoms with Crippen LogP contribution in [0.15, 0.2) is 11.6 Å². The van der Waals surface area contributed by atoms with Crippen LogP contribution in [0.1, 0.15) is 44.9 Å². The van der Waals surface area contributed by atoms with E-state index in [1.165, 1.54) is 12.8 Å². The van der Waals surface area contributed by atoms with Gasteiger partial charge in [-0.1, -0.05) is 12.5 Å². The molecule has 1 heterocycles. The molecule has 0 atom stereocenters. The molecule has 1 aliphatic heterocycles. The Kier molecular flexibility index (Phi) is 4.35. The number of allylic oxidation sites excluding steroid dienone is 2. The third-order valence-electron chi connectivity index (χ3n) is 4.15. The van der Waals surface area contributed by atoms with Gasteiger partial charge in [-0.05, 0) is 44.1 Å². The van der Waals surface area contributed by atoms with Crippen LogP contribution in [-0.4, -0.2) is 25.5 Å². The summed E-state index contributed by atoms with van der Waals surface area (Å²) < 4.78 is 5.36. The Morgan fingerprint density at radius 2 is 2.06 bits per heavy atom. The summed E-state index contributed by atoms with van der Waals surface area (Å²) in [7, 11) is 0. The molecule has 0 radical (unpaired) electrons. The van der Waals surface area contributed by atoms with E-state index < -0.39 is 0 Å². The average molecular weight is 237 g/mol. The number of Topliss-reactive ketones (excluding diaryl/α,β-unsaturated/α-hetero) is 1. The van der Waals surface area contributed by atoms with Crippen molar-refractivity contribution >= 4 is 5.78 Å². The molecule has 2 rings (SSSR count). The lowest BCUT2D eigenvalue weighted by atomic mass is 9.73. The number of nitrogens with two attached hydrogens (primary N) is 1. The van der Waals surface area contributed by atoms with Crippen molar-refractivity contribution in [3.63, 3.8) is 0 Å². The first-order chi connectivity index (χ1) is 8.28. The van der Waals surface area contributed by atoms with Crippen molar-refractivity contribution in [1.29, 1.82) is 0 Å². The molecule has 0 bridgehead atoms. The maximum Gasteiger partial charge on any atom is 0.166 e. The molecule has 2 aliphatic rings. The van der Waals surface area contributed by atoms with Gasteiger partial charge in [0.25, 0.3) is 0 Å². The van der Waals surface area contributed by atoms with E-state index in [4.69, 9.17) is 10.5 Å². The summed E-state index contributed by atoms with van der Waals surface area (Å²) in [6, 6.07) is 0. The minimum absolute atomic E-state index is 0.310. The Morgan fingerprint density at radius 3 is 2.76 bits per heavy atom. The van der Waals surface area contributed by atoms with Gasteiger partial charge in [-0.3, -0.25) is 4.79 Å². The lowest BCUT2D eigenvalue weighted by Gasteiger charge is -2.35. The SMILES string of the molecule is NCC1(C(=O)C2=CCCCCC2)CCOCC1. The van der Waals surface area contributed by atoms with Crippen LogP contribution in [-0.2, 0) is 9.53 Å². The smallest absolute Gasteiger partial charge is 0.166 e. The summed E-state index contributed by atoms with van der Waals surface area (Å²) in [5.41, 5.74) is 6.59. The van der Waals surface area contributed by atoms with Crippen LogP contribution in [0.25, 0.3) is 0 Å². The number of carbonyl (C=O) groups excluding carboxylic acids is 1. The van der Waals surface area contributed by atoms with Crippen molar-refractivity contribution in [1.82, 2.24) is 0 Å². The first-order valence-electron chi connectivity index (χ1n) is 6.80. The van der Waals surface area contributed by atoms with Crippen LogP contribution in [0, 0.1) is 5.41 Å². The van der Waals surface area contributed by atoms with Crippen LogP contribution < -0.4 is 5.73 Å². The molecule has 0 spiro atoms. The number of ketones is 1. The zero-order valence-electron chi connectivity index (χ0n) is 10.5. The highest BCUT2D eigenvalue weighted by molar-refractivity contribution is 6.00. The molecule has 3 heteroatoms. The maximum absolute atomic E-state index is 12.7. The van der Waals surface area contributed by atoms with Gasteiger partial charge >= 0.3 is 0 Å². The Bertz CT molecular complexity index is 303. The van der Waals surface area contributed by atoms with E-state index in [1.807, 2.05) is 0 Å². The van der Waals surface area contributed by atoms with Gasteiger partial charge in [0.05, 0.1) is 0 Å². The van der Waals surface area contributed by atoms with Crippen LogP contribution in [0.5, 0.6) is 0 Å². The Hall–Kier alpha value is -0.670. The Morgan fingerprint density at radius 1 is 1.29 bits per heavy atom. The van der Waals surface area contributed by atoms with E-state index in [1.54, 1.807) is 0 Å². The molecule has 1 aliphatic carbocycles. The molecule has 1 fully saturated rings. The van der Waals surface area contributed by atoms with E-state index >= 15 is 0 Å². The van der Waals surface area contributed by atoms with Gasteiger partial charge in [0, 0.05) is 25.2 Å². The van der Waals surface area contributed by atoms with E-state index in [9.17, 15) is 4.79 Å². The third-order valence-corrected chi connectivity index (χ3v) is 4.15. The van der Waals surface area contributed by atoms with Crippen LogP contribution in [0.3, 0.4) is 0 Å². The van der Waals surface area contributed by atoms with Gasteiger partial charge < -0.3 is 10.5 Å². The van der Waals surface area contributed by atoms with E-state index in [-0.39, 0.29) is 5.41 Å². The van der Waals surface area contributed by atoms with Gasteiger partial charge in [0.1, 0.15) is 0 Å². The number of hydrogen-bond acceptors (Lipinski definition) is 3. The summed E-state index contributed by atoms with van der Waals surface area (Å²) in [6.45, 7) is 1.82. The minimum Gasteiger partial charge on any atom is -0.381 e. The first kappa shape index (κ1) is 12.8. The predicted octanol–water partition coefficient (Wildman–Crippen LogP) is 2.20. The van der Waals surface area contributed by atoms with Crippen molar-refractivity contribution in [2.45, 2.75) is 44.9 Å². The molecule has 96 valence electrons. The molecule has 2 N–H and O–H groups in total. The lowest BCUT2D eigenvalue weighted by molar-refractivity contribution is -0.129. The first-order valence-corrected chi connectivity index (χ1v) is 6.80. The summed E-state index contributed by atoms with van der Waals surface area (Å²) in [6.07, 6.45) is 9.34. The third kappa shape index (κ3) is 2.78. The van der Waals surface area contributed by atoms with Crippen molar-refractivity contribution < 1.29 is 9.53 Å². The average Bonchev–Trinajstić information content (AvgIpc) is 2.67. The lowest BCUT2D eigenvalue weighted by Crippen LogP contribution is -2.44. The highest BCUT2D eigenvalue weighted by Crippen LogP contribution is 2.35. The molecule has 0 unspecified atom stereocenters. The molecule has 1 saturated heterocycles. The molecular weight excluding hydrogens is 214 g/mol. The quantitative estimate of drug-likeness (QED) is 0.818. The van der Waals surface area contributed by atoms with Crippen molar-refractivity contribution in [3.8, 4) is 0 Å². The van der Waals surface area contributed by atoms with Crippen molar-refractivity contribution in [2.24, 2.45) is 11.1 Å². The van der Waals surface area contributed by atoms with Gasteiger partial charge in [0.15, 0.2) is 5.78 Å². The second-order valence-electron chi connectivity index (χ2n) is 5.25. The number of hydrogen-bond donors (Lipinski definition) is 1. The topological polar surface area (TPSA) is 52.3 Å². The minimum atomic E-state index is -0.325. The number of carbonyl (C=O) groups is 1. The van der Waals surface area contributed by atoms with Gasteiger partial charge in [-0.15, -0.1) is 0 Å². The van der Waals surface area contributed by atoms with Crippen LogP contribution >= 0.6 is 0 Å². The van der Waals surface area contributed by atoms with Crippen molar-refractivity contribution in [2.75, 3.05) is 19.8 Å². The van der Waals surface area contributed by atoms with E-state index in [2.05, 4.69) is 6.08 Å². The zero-order chi connectivity index (χ0) is 12.1. The largest absolute Gasteiger partial charge is 0.381 e. The molecule has 17 heavy (non-hydrogen) atoms. The molecule has 0 aromatic heterocycles. The summed E-state index contributed by atoms with van der Waals surface area (Å²) in [5, 5.41) is 0. The molecule has 3 nitrogen and oxygen atoms in total. The molecule has 0 aromatic carbocycles. The van der Waals surface area contributed by atoms with E-state index in [0.717, 1.165) is 37.7 Å². The number of rotatable bonds is 3. The van der Waals surface area contributed by atoms with Crippen LogP contribution in [0.4, 0.5) is 0 Å². The fraction of sp³-hybridized carbons (Fsp3) is 0.786. The van der Waals surface area contributed by atoms with Gasteiger partial charge in [0.2, 0.25) is 0 Å². The second kappa shape index (κ2) is 5.78. The Balaban J connectivity index is 2.12. The predicted molar refractivity (Wildman–Crippen MR) is 67.7 cm³/mol. The van der Waals surface area contributed by atoms with Gasteiger partial charge in [-0.2, -0.15) is 0 Å². The fourth-order valence-corrected chi connectivity index (χ4v) is 2.85. The molecule has 0 aromatic rings. The highest BCUT2D eigenvalue weighted by atomic mass is 16.5. The molecule has 0 saturated carbocycles. The second-order valence-corrected chi connectivity index (χ2v) is 5.25. The highest BCUT2D eigenvalue weighted by Gasteiger charge is 2.39. The van der Waals surface area contributed by atoms with Crippen LogP contribution in [0.2, 0.25) is 0 Å². The Labute approximate surface area is 103 Å². The summed E-state index contributed by atoms with van der Waals surface area (Å²) in [5.74, 6) is 0.310. The van der Waals surface area contributed by atoms with Crippen molar-refractivity contribution in [3.05, 3.63) is 11.6 Å². The normalized spacial score (nSPS) is 24.9. The summed E-state index contributed by atoms with van der Waals surface area (Å²) >= 11 is 0. The monoisotopic (exact) mass is 237 g/mol. The summed E-state index contributed by atoms with van der Waals surface area (Å²) in [4.78, 5) is 12.7. The standard InChI is InChI=1S/C14H23NO2/c15-11-14(7-9-17-10-8-14)13(16)12-5-3-1-2-4-6-12/h5H,1-4,6-11,15H2. The molecule has 0 amide bonds. The van der Waals surface area contributed by atoms with E-state index in [0.29, 0.717) is 25.5 Å². The van der Waals surface area contributed by atoms with Gasteiger partial charge in [-0.25, -0.2) is 0 Å². The number of ether oxygens (including phenoxy) is 1. The molecular formula is C14H23NO2. The fourth-order valence-electron chi connectivity index (χ4n) is 2.85. The zero-order valence-corrected chi connectivity index (χ0v) is 10.5. The maximum atomic E-state index is 12.7.